The van der Waals surface area contributed by atoms with Crippen molar-refractivity contribution in [2.75, 3.05) is 13.2 Å². The van der Waals surface area contributed by atoms with E-state index in [4.69, 9.17) is 0 Å². The van der Waals surface area contributed by atoms with Gasteiger partial charge in [-0.2, -0.15) is 0 Å². The van der Waals surface area contributed by atoms with E-state index >= 15 is 0 Å². The van der Waals surface area contributed by atoms with E-state index in [1.54, 1.807) is 19.1 Å². The summed E-state index contributed by atoms with van der Waals surface area (Å²) < 4.78 is 4.64. The Labute approximate surface area is 126 Å². The Morgan fingerprint density at radius 2 is 2.24 bits per heavy atom. The zero-order chi connectivity index (χ0) is 15.2. The van der Waals surface area contributed by atoms with E-state index in [2.05, 4.69) is 15.6 Å². The average molecular weight is 311 g/mol. The molecule has 1 fully saturated rings. The van der Waals surface area contributed by atoms with Crippen LogP contribution in [0.4, 0.5) is 4.79 Å². The lowest BCUT2D eigenvalue weighted by Gasteiger charge is -2.23. The van der Waals surface area contributed by atoms with E-state index in [0.717, 1.165) is 6.42 Å². The fraction of sp³-hybridized carbons (Fsp3) is 0.462. The van der Waals surface area contributed by atoms with Crippen LogP contribution in [0.15, 0.2) is 17.5 Å². The molecule has 1 saturated heterocycles. The van der Waals surface area contributed by atoms with Crippen LogP contribution in [0.3, 0.4) is 0 Å². The van der Waals surface area contributed by atoms with Crippen molar-refractivity contribution < 1.29 is 19.1 Å². The second-order valence-corrected chi connectivity index (χ2v) is 5.42. The van der Waals surface area contributed by atoms with Gasteiger partial charge in [0.2, 0.25) is 0 Å². The van der Waals surface area contributed by atoms with Gasteiger partial charge in [0.25, 0.3) is 11.8 Å². The third kappa shape index (κ3) is 3.72. The zero-order valence-corrected chi connectivity index (χ0v) is 12.4. The molecule has 1 aliphatic rings. The van der Waals surface area contributed by atoms with Gasteiger partial charge in [0.05, 0.1) is 11.5 Å². The van der Waals surface area contributed by atoms with Crippen LogP contribution >= 0.6 is 11.3 Å². The third-order valence-electron chi connectivity index (χ3n) is 3.11. The van der Waals surface area contributed by atoms with Gasteiger partial charge in [-0.15, -0.1) is 11.3 Å². The largest absolute Gasteiger partial charge is 0.449 e. The van der Waals surface area contributed by atoms with Crippen LogP contribution in [0.5, 0.6) is 0 Å². The molecule has 7 nitrogen and oxygen atoms in total. The number of amides is 3. The van der Waals surface area contributed by atoms with Gasteiger partial charge in [0.15, 0.2) is 0 Å². The van der Waals surface area contributed by atoms with Gasteiger partial charge in [0.1, 0.15) is 6.04 Å². The summed E-state index contributed by atoms with van der Waals surface area (Å²) in [5.41, 5.74) is 4.44. The molecule has 1 aromatic rings. The summed E-state index contributed by atoms with van der Waals surface area (Å²) in [5.74, 6) is -0.566. The number of carbonyl (C=O) groups is 3. The van der Waals surface area contributed by atoms with E-state index in [-0.39, 0.29) is 12.5 Å². The number of rotatable bonds is 3. The molecule has 21 heavy (non-hydrogen) atoms. The number of carbonyl (C=O) groups excluding carboxylic acids is 3. The van der Waals surface area contributed by atoms with Gasteiger partial charge in [-0.3, -0.25) is 15.0 Å². The molecule has 114 valence electrons. The third-order valence-corrected chi connectivity index (χ3v) is 3.97. The summed E-state index contributed by atoms with van der Waals surface area (Å²) in [6.45, 7) is 2.42. The molecule has 0 aromatic carbocycles. The Bertz CT molecular complexity index is 517. The summed E-state index contributed by atoms with van der Waals surface area (Å²) >= 11 is 1.34. The fourth-order valence-electron chi connectivity index (χ4n) is 2.19. The fourth-order valence-corrected chi connectivity index (χ4v) is 2.87. The first-order valence-electron chi connectivity index (χ1n) is 6.70. The SMILES string of the molecule is CCOC(=O)NNC(=O)[C@@H]1CCCN1C(=O)c1cccs1. The van der Waals surface area contributed by atoms with Gasteiger partial charge in [-0.25, -0.2) is 10.2 Å². The quantitative estimate of drug-likeness (QED) is 0.819. The van der Waals surface area contributed by atoms with Crippen LogP contribution < -0.4 is 10.9 Å². The van der Waals surface area contributed by atoms with E-state index in [9.17, 15) is 14.4 Å². The number of hydrazine groups is 1. The molecule has 8 heteroatoms. The van der Waals surface area contributed by atoms with E-state index in [0.29, 0.717) is 17.8 Å². The normalized spacial score (nSPS) is 17.4. The van der Waals surface area contributed by atoms with Crippen molar-refractivity contribution in [1.29, 1.82) is 0 Å². The maximum absolute atomic E-state index is 12.3. The Kier molecular flexibility index (Phi) is 5.15. The average Bonchev–Trinajstić information content (AvgIpc) is 3.15. The number of ether oxygens (including phenoxy) is 1. The lowest BCUT2D eigenvalue weighted by atomic mass is 10.2. The highest BCUT2D eigenvalue weighted by Crippen LogP contribution is 2.22. The van der Waals surface area contributed by atoms with E-state index in [1.165, 1.54) is 16.2 Å². The number of hydrogen-bond donors (Lipinski definition) is 2. The summed E-state index contributed by atoms with van der Waals surface area (Å²) in [5, 5.41) is 1.82. The standard InChI is InChI=1S/C13H17N3O4S/c1-2-20-13(19)15-14-11(17)9-5-3-7-16(9)12(18)10-6-4-8-21-10/h4,6,8-9H,2-3,5,7H2,1H3,(H,14,17)(H,15,19)/t9-/m0/s1. The maximum Gasteiger partial charge on any atom is 0.426 e. The Morgan fingerprint density at radius 1 is 1.43 bits per heavy atom. The number of hydrogen-bond acceptors (Lipinski definition) is 5. The topological polar surface area (TPSA) is 87.7 Å². The van der Waals surface area contributed by atoms with Crippen molar-refractivity contribution >= 4 is 29.2 Å². The Morgan fingerprint density at radius 3 is 2.90 bits per heavy atom. The molecular formula is C13H17N3O4S. The lowest BCUT2D eigenvalue weighted by Crippen LogP contribution is -2.51. The van der Waals surface area contributed by atoms with Gasteiger partial charge in [0, 0.05) is 6.54 Å². The summed E-state index contributed by atoms with van der Waals surface area (Å²) in [7, 11) is 0. The molecule has 0 unspecified atom stereocenters. The first kappa shape index (κ1) is 15.3. The first-order valence-corrected chi connectivity index (χ1v) is 7.58. The van der Waals surface area contributed by atoms with Gasteiger partial charge in [-0.1, -0.05) is 6.07 Å². The minimum Gasteiger partial charge on any atom is -0.449 e. The number of nitrogens with zero attached hydrogens (tertiary/aromatic N) is 1. The second-order valence-electron chi connectivity index (χ2n) is 4.47. The van der Waals surface area contributed by atoms with Crippen molar-refractivity contribution in [2.45, 2.75) is 25.8 Å². The first-order chi connectivity index (χ1) is 10.1. The van der Waals surface area contributed by atoms with Crippen LogP contribution in [0, 0.1) is 0 Å². The monoisotopic (exact) mass is 311 g/mol. The molecule has 3 amide bonds. The van der Waals surface area contributed by atoms with Crippen LogP contribution in [0.2, 0.25) is 0 Å². The minimum absolute atomic E-state index is 0.154. The number of likely N-dealkylation sites (tertiary alicyclic amines) is 1. The van der Waals surface area contributed by atoms with Crippen molar-refractivity contribution in [3.8, 4) is 0 Å². The second kappa shape index (κ2) is 7.07. The molecule has 2 rings (SSSR count). The van der Waals surface area contributed by atoms with E-state index in [1.807, 2.05) is 5.38 Å². The number of nitrogens with one attached hydrogen (secondary N) is 2. The highest BCUT2D eigenvalue weighted by Gasteiger charge is 2.35. The molecule has 0 bridgehead atoms. The Hall–Kier alpha value is -2.09. The molecule has 2 N–H and O–H groups in total. The molecule has 0 radical (unpaired) electrons. The zero-order valence-electron chi connectivity index (χ0n) is 11.6. The molecule has 0 saturated carbocycles. The lowest BCUT2D eigenvalue weighted by molar-refractivity contribution is -0.125. The van der Waals surface area contributed by atoms with Crippen LogP contribution in [0.25, 0.3) is 0 Å². The van der Waals surface area contributed by atoms with Crippen LogP contribution in [-0.2, 0) is 9.53 Å². The Balaban J connectivity index is 1.93. The molecule has 1 aliphatic heterocycles. The molecule has 0 spiro atoms. The minimum atomic E-state index is -0.722. The van der Waals surface area contributed by atoms with Crippen LogP contribution in [0.1, 0.15) is 29.4 Å². The van der Waals surface area contributed by atoms with Crippen LogP contribution in [-0.4, -0.2) is 42.0 Å². The molecule has 1 aromatic heterocycles. The summed E-state index contributed by atoms with van der Waals surface area (Å²) in [6.07, 6.45) is 0.613. The molecule has 1 atom stereocenters. The van der Waals surface area contributed by atoms with E-state index < -0.39 is 18.0 Å². The predicted molar refractivity (Wildman–Crippen MR) is 76.7 cm³/mol. The predicted octanol–water partition coefficient (Wildman–Crippen LogP) is 1.13. The van der Waals surface area contributed by atoms with Crippen molar-refractivity contribution in [2.24, 2.45) is 0 Å². The molecule has 0 aliphatic carbocycles. The summed E-state index contributed by atoms with van der Waals surface area (Å²) in [4.78, 5) is 37.7. The smallest absolute Gasteiger partial charge is 0.426 e. The van der Waals surface area contributed by atoms with Gasteiger partial charge < -0.3 is 9.64 Å². The number of thiophene rings is 1. The van der Waals surface area contributed by atoms with Crippen molar-refractivity contribution in [3.63, 3.8) is 0 Å². The van der Waals surface area contributed by atoms with Gasteiger partial charge >= 0.3 is 6.09 Å². The molecular weight excluding hydrogens is 294 g/mol. The highest BCUT2D eigenvalue weighted by atomic mass is 32.1. The van der Waals surface area contributed by atoms with Crippen molar-refractivity contribution in [1.82, 2.24) is 15.8 Å². The van der Waals surface area contributed by atoms with Crippen molar-refractivity contribution in [3.05, 3.63) is 22.4 Å². The van der Waals surface area contributed by atoms with Gasteiger partial charge in [-0.05, 0) is 31.2 Å². The molecule has 2 heterocycles. The summed E-state index contributed by atoms with van der Waals surface area (Å²) in [6, 6.07) is 2.96. The highest BCUT2D eigenvalue weighted by molar-refractivity contribution is 7.12. The maximum atomic E-state index is 12.3.